The first-order valence-electron chi connectivity index (χ1n) is 5.77. The first-order chi connectivity index (χ1) is 8.36. The maximum absolute atomic E-state index is 11.4. The Labute approximate surface area is 145 Å². The Morgan fingerprint density at radius 3 is 2.33 bits per heavy atom. The molecule has 0 aromatic carbocycles. The molecule has 1 aromatic heterocycles. The molecule has 0 aliphatic rings. The third-order valence-corrected chi connectivity index (χ3v) is 4.29. The molecule has 0 aliphatic carbocycles. The van der Waals surface area contributed by atoms with Gasteiger partial charge in [0, 0.05) is 29.2 Å². The van der Waals surface area contributed by atoms with Gasteiger partial charge in [-0.3, -0.25) is 9.78 Å². The van der Waals surface area contributed by atoms with E-state index in [4.69, 9.17) is 0 Å². The van der Waals surface area contributed by atoms with Crippen LogP contribution >= 0.6 is 61.1 Å². The summed E-state index contributed by atoms with van der Waals surface area (Å²) in [5.41, 5.74) is 0.966. The normalized spacial score (nSPS) is 10.2. The lowest BCUT2D eigenvalue weighted by Crippen LogP contribution is -2.10. The Bertz CT molecular complexity index is 370. The lowest BCUT2D eigenvalue weighted by molar-refractivity contribution is -0.121. The highest BCUT2D eigenvalue weighted by Gasteiger charge is 2.08. The number of hydrogen-bond donors (Lipinski definition) is 0. The van der Waals surface area contributed by atoms with Gasteiger partial charge in [0.05, 0.1) is 1.93 Å². The predicted molar refractivity (Wildman–Crippen MR) is 97.6 cm³/mol. The van der Waals surface area contributed by atoms with Crippen LogP contribution in [0.15, 0.2) is 22.9 Å². The summed E-state index contributed by atoms with van der Waals surface area (Å²) < 4.78 is 1.74. The van der Waals surface area contributed by atoms with Gasteiger partial charge < -0.3 is 0 Å². The second-order valence-corrected chi connectivity index (χ2v) is 10.4. The zero-order valence-electron chi connectivity index (χ0n) is 10.8. The van der Waals surface area contributed by atoms with Crippen molar-refractivity contribution in [1.82, 2.24) is 4.98 Å². The number of ketones is 1. The minimum atomic E-state index is 0.0963. The maximum Gasteiger partial charge on any atom is 0.139 e. The van der Waals surface area contributed by atoms with Crippen molar-refractivity contribution in [2.75, 3.05) is 0 Å². The molecule has 18 heavy (non-hydrogen) atoms. The van der Waals surface area contributed by atoms with E-state index in [1.807, 2.05) is 19.9 Å². The maximum atomic E-state index is 11.4. The van der Waals surface area contributed by atoms with E-state index in [0.29, 0.717) is 6.42 Å². The van der Waals surface area contributed by atoms with Crippen LogP contribution in [0.2, 0.25) is 0 Å². The molecule has 0 saturated heterocycles. The van der Waals surface area contributed by atoms with Gasteiger partial charge in [-0.1, -0.05) is 66.0 Å². The third-order valence-electron chi connectivity index (χ3n) is 2.09. The van der Waals surface area contributed by atoms with Crippen molar-refractivity contribution in [3.8, 4) is 0 Å². The summed E-state index contributed by atoms with van der Waals surface area (Å²) in [5.74, 6) is 0.346. The highest BCUT2D eigenvalue weighted by molar-refractivity contribution is 14.2. The minimum absolute atomic E-state index is 0.0963. The van der Waals surface area contributed by atoms with Crippen LogP contribution in [0.3, 0.4) is 0 Å². The molecule has 0 saturated carbocycles. The summed E-state index contributed by atoms with van der Waals surface area (Å²) in [6, 6.07) is 1.92. The van der Waals surface area contributed by atoms with Gasteiger partial charge in [0.15, 0.2) is 0 Å². The number of hydrogen-bond acceptors (Lipinski definition) is 2. The molecule has 0 radical (unpaired) electrons. The zero-order valence-corrected chi connectivity index (χ0v) is 16.7. The van der Waals surface area contributed by atoms with Gasteiger partial charge in [-0.2, -0.15) is 0 Å². The van der Waals surface area contributed by atoms with E-state index in [2.05, 4.69) is 73.0 Å². The number of pyridine rings is 1. The molecular formula is C13H18BrI2NO. The van der Waals surface area contributed by atoms with E-state index in [0.717, 1.165) is 12.0 Å². The smallest absolute Gasteiger partial charge is 0.139 e. The summed E-state index contributed by atoms with van der Waals surface area (Å²) in [6.07, 6.45) is 5.19. The molecule has 0 spiro atoms. The topological polar surface area (TPSA) is 30.0 Å². The fraction of sp³-hybridized carbons (Fsp3) is 0.538. The molecule has 1 aromatic rings. The van der Waals surface area contributed by atoms with E-state index >= 15 is 0 Å². The van der Waals surface area contributed by atoms with E-state index in [9.17, 15) is 4.79 Å². The van der Waals surface area contributed by atoms with Gasteiger partial charge in [0.25, 0.3) is 0 Å². The van der Waals surface area contributed by atoms with Crippen molar-refractivity contribution in [3.63, 3.8) is 0 Å². The molecule has 2 nitrogen and oxygen atoms in total. The molecule has 0 bridgehead atoms. The number of Topliss-reactive ketones (excluding diaryl/α,β-unsaturated/α-hetero) is 1. The number of halogens is 3. The predicted octanol–water partition coefficient (Wildman–Crippen LogP) is 5.20. The van der Waals surface area contributed by atoms with E-state index in [1.54, 1.807) is 12.4 Å². The first kappa shape index (κ1) is 18.8. The summed E-state index contributed by atoms with van der Waals surface area (Å²) in [7, 11) is 0. The van der Waals surface area contributed by atoms with Crippen LogP contribution in [0.5, 0.6) is 0 Å². The molecule has 0 atom stereocenters. The van der Waals surface area contributed by atoms with Gasteiger partial charge in [0.1, 0.15) is 5.78 Å². The second-order valence-electron chi connectivity index (χ2n) is 4.11. The summed E-state index contributed by atoms with van der Waals surface area (Å²) in [4.78, 5) is 15.4. The first-order valence-corrected chi connectivity index (χ1v) is 9.05. The number of rotatable bonds is 4. The zero-order chi connectivity index (χ0) is 14.1. The number of alkyl halides is 2. The summed E-state index contributed by atoms with van der Waals surface area (Å²) in [5, 5.41) is 0. The van der Waals surface area contributed by atoms with Gasteiger partial charge >= 0.3 is 0 Å². The highest BCUT2D eigenvalue weighted by Crippen LogP contribution is 2.12. The number of aromatic nitrogens is 1. The van der Waals surface area contributed by atoms with Gasteiger partial charge in [-0.25, -0.2) is 0 Å². The van der Waals surface area contributed by atoms with Crippen molar-refractivity contribution < 1.29 is 4.79 Å². The van der Waals surface area contributed by atoms with Crippen molar-refractivity contribution in [2.45, 2.75) is 35.5 Å². The number of carbonyl (C=O) groups is 1. The second kappa shape index (κ2) is 10.5. The molecule has 0 unspecified atom stereocenters. The number of nitrogens with zero attached hydrogens (tertiary/aromatic N) is 1. The molecular weight excluding hydrogens is 520 g/mol. The van der Waals surface area contributed by atoms with Crippen molar-refractivity contribution in [3.05, 3.63) is 28.5 Å². The lowest BCUT2D eigenvalue weighted by atomic mass is 10.0. The van der Waals surface area contributed by atoms with Crippen LogP contribution in [0.1, 0.15) is 32.8 Å². The van der Waals surface area contributed by atoms with Crippen LogP contribution < -0.4 is 0 Å². The Morgan fingerprint density at radius 2 is 1.94 bits per heavy atom. The third kappa shape index (κ3) is 9.66. The summed E-state index contributed by atoms with van der Waals surface area (Å²) in [6.45, 7) is 6.00. The minimum Gasteiger partial charge on any atom is -0.299 e. The highest BCUT2D eigenvalue weighted by atomic mass is 127. The molecule has 1 rings (SSSR count). The molecule has 0 aliphatic heterocycles. The fourth-order valence-corrected chi connectivity index (χ4v) is 1.37. The Kier molecular flexibility index (Phi) is 11.0. The van der Waals surface area contributed by atoms with Crippen molar-refractivity contribution in [2.24, 2.45) is 5.92 Å². The van der Waals surface area contributed by atoms with E-state index in [1.165, 1.54) is 6.42 Å². The molecule has 5 heteroatoms. The van der Waals surface area contributed by atoms with Gasteiger partial charge in [-0.05, 0) is 34.0 Å². The summed E-state index contributed by atoms with van der Waals surface area (Å²) >= 11 is 8.10. The Balaban J connectivity index is 0.000000494. The average Bonchev–Trinajstić information content (AvgIpc) is 2.29. The Hall–Kier alpha value is 0.760. The molecule has 1 heterocycles. The average molecular weight is 538 g/mol. The van der Waals surface area contributed by atoms with Gasteiger partial charge in [0.2, 0.25) is 0 Å². The molecule has 0 amide bonds. The monoisotopic (exact) mass is 537 g/mol. The number of carbonyl (C=O) groups excluding carboxylic acids is 1. The molecule has 102 valence electrons. The van der Waals surface area contributed by atoms with Crippen LogP contribution in [-0.4, -0.2) is 12.7 Å². The van der Waals surface area contributed by atoms with Crippen molar-refractivity contribution >= 4 is 66.9 Å². The SMILES string of the molecule is CC(C)C(=O)Cc1cncc(Br)c1.CCC(I)I. The van der Waals surface area contributed by atoms with Crippen LogP contribution in [0.4, 0.5) is 0 Å². The molecule has 0 fully saturated rings. The lowest BCUT2D eigenvalue weighted by Gasteiger charge is -2.03. The quantitative estimate of drug-likeness (QED) is 0.390. The standard InChI is InChI=1S/C10H12BrNO.C3H6I2/c1-7(2)10(13)4-8-3-9(11)6-12-5-8;1-2-3(4)5/h3,5-7H,4H2,1-2H3;3H,2H2,1H3. The van der Waals surface area contributed by atoms with Crippen LogP contribution in [-0.2, 0) is 11.2 Å². The van der Waals surface area contributed by atoms with Crippen LogP contribution in [0.25, 0.3) is 0 Å². The Morgan fingerprint density at radius 1 is 1.39 bits per heavy atom. The van der Waals surface area contributed by atoms with Crippen LogP contribution in [0, 0.1) is 5.92 Å². The van der Waals surface area contributed by atoms with E-state index < -0.39 is 0 Å². The fourth-order valence-electron chi connectivity index (χ4n) is 0.958. The van der Waals surface area contributed by atoms with Crippen molar-refractivity contribution in [1.29, 1.82) is 0 Å². The van der Waals surface area contributed by atoms with E-state index in [-0.39, 0.29) is 11.7 Å². The van der Waals surface area contributed by atoms with Gasteiger partial charge in [-0.15, -0.1) is 0 Å². The molecule has 0 N–H and O–H groups in total. The largest absolute Gasteiger partial charge is 0.299 e.